The van der Waals surface area contributed by atoms with E-state index in [-0.39, 0.29) is 0 Å². The van der Waals surface area contributed by atoms with Crippen LogP contribution < -0.4 is 5.32 Å². The van der Waals surface area contributed by atoms with E-state index in [1.807, 2.05) is 0 Å². The number of nitriles is 1. The van der Waals surface area contributed by atoms with E-state index in [9.17, 15) is 0 Å². The molecule has 1 fully saturated rings. The first-order chi connectivity index (χ1) is 11.9. The summed E-state index contributed by atoms with van der Waals surface area (Å²) in [5, 5.41) is 12.7. The van der Waals surface area contributed by atoms with Crippen molar-refractivity contribution in [2.24, 2.45) is 11.8 Å². The van der Waals surface area contributed by atoms with Crippen LogP contribution in [0.25, 0.3) is 0 Å². The number of hydrogen-bond donors (Lipinski definition) is 1. The highest BCUT2D eigenvalue weighted by atomic mass is 14.9. The fourth-order valence-corrected chi connectivity index (χ4v) is 3.73. The molecule has 0 atom stereocenters. The van der Waals surface area contributed by atoms with Gasteiger partial charge in [0.2, 0.25) is 0 Å². The molecule has 0 aliphatic heterocycles. The minimum atomic E-state index is 0.294. The van der Waals surface area contributed by atoms with Gasteiger partial charge in [-0.3, -0.25) is 0 Å². The summed E-state index contributed by atoms with van der Waals surface area (Å²) in [4.78, 5) is 0. The highest BCUT2D eigenvalue weighted by Crippen LogP contribution is 2.28. The van der Waals surface area contributed by atoms with E-state index in [1.54, 1.807) is 0 Å². The van der Waals surface area contributed by atoms with Crippen molar-refractivity contribution in [3.8, 4) is 6.07 Å². The Morgan fingerprint density at radius 2 is 1.42 bits per heavy atom. The van der Waals surface area contributed by atoms with Crippen LogP contribution in [0, 0.1) is 23.2 Å². The van der Waals surface area contributed by atoms with Crippen LogP contribution >= 0.6 is 0 Å². The Balaban J connectivity index is 1.58. The fraction of sp³-hybridized carbons (Fsp3) is 0.409. The summed E-state index contributed by atoms with van der Waals surface area (Å²) >= 11 is 0. The van der Waals surface area contributed by atoms with Crippen LogP contribution in [0.3, 0.4) is 0 Å². The zero-order valence-electron chi connectivity index (χ0n) is 14.2. The molecule has 0 radical (unpaired) electrons. The molecule has 124 valence electrons. The van der Waals surface area contributed by atoms with Crippen LogP contribution in [0.2, 0.25) is 0 Å². The van der Waals surface area contributed by atoms with E-state index in [1.165, 1.54) is 24.0 Å². The monoisotopic (exact) mass is 318 g/mol. The van der Waals surface area contributed by atoms with Crippen molar-refractivity contribution in [1.29, 1.82) is 5.26 Å². The molecule has 1 N–H and O–H groups in total. The highest BCUT2D eigenvalue weighted by molar-refractivity contribution is 5.32. The van der Waals surface area contributed by atoms with Gasteiger partial charge in [0.1, 0.15) is 0 Å². The Morgan fingerprint density at radius 3 is 1.92 bits per heavy atom. The summed E-state index contributed by atoms with van der Waals surface area (Å²) in [5.41, 5.74) is 2.73. The van der Waals surface area contributed by atoms with Crippen LogP contribution in [0.1, 0.15) is 42.7 Å². The maximum atomic E-state index is 9.01. The molecule has 0 saturated heterocycles. The zero-order valence-corrected chi connectivity index (χ0v) is 14.2. The van der Waals surface area contributed by atoms with Crippen molar-refractivity contribution in [3.05, 3.63) is 71.8 Å². The molecular formula is C22H26N2. The lowest BCUT2D eigenvalue weighted by Crippen LogP contribution is -2.30. The average molecular weight is 318 g/mol. The van der Waals surface area contributed by atoms with Gasteiger partial charge in [0.15, 0.2) is 0 Å². The average Bonchev–Trinajstić information content (AvgIpc) is 2.67. The molecule has 3 rings (SSSR count). The van der Waals surface area contributed by atoms with Gasteiger partial charge < -0.3 is 5.32 Å². The third-order valence-electron chi connectivity index (χ3n) is 5.21. The molecule has 0 spiro atoms. The van der Waals surface area contributed by atoms with Crippen molar-refractivity contribution < 1.29 is 0 Å². The van der Waals surface area contributed by atoms with E-state index in [2.05, 4.69) is 72.0 Å². The van der Waals surface area contributed by atoms with Crippen molar-refractivity contribution in [1.82, 2.24) is 5.32 Å². The molecule has 0 amide bonds. The molecule has 24 heavy (non-hydrogen) atoms. The predicted octanol–water partition coefficient (Wildman–Crippen LogP) is 4.74. The lowest BCUT2D eigenvalue weighted by atomic mass is 9.82. The molecule has 0 aromatic heterocycles. The minimum Gasteiger partial charge on any atom is -0.316 e. The second-order valence-electron chi connectivity index (χ2n) is 6.88. The number of hydrogen-bond acceptors (Lipinski definition) is 2. The van der Waals surface area contributed by atoms with Crippen LogP contribution in [-0.4, -0.2) is 13.1 Å². The van der Waals surface area contributed by atoms with E-state index < -0.39 is 0 Å². The van der Waals surface area contributed by atoms with Gasteiger partial charge in [-0.25, -0.2) is 0 Å². The first-order valence-corrected chi connectivity index (χ1v) is 9.07. The molecular weight excluding hydrogens is 292 g/mol. The van der Waals surface area contributed by atoms with Crippen molar-refractivity contribution >= 4 is 0 Å². The quantitative estimate of drug-likeness (QED) is 0.835. The van der Waals surface area contributed by atoms with Gasteiger partial charge in [0, 0.05) is 18.4 Å². The molecule has 0 bridgehead atoms. The maximum absolute atomic E-state index is 9.01. The van der Waals surface area contributed by atoms with E-state index in [4.69, 9.17) is 5.26 Å². The summed E-state index contributed by atoms with van der Waals surface area (Å²) in [7, 11) is 0. The maximum Gasteiger partial charge on any atom is 0.0655 e. The Kier molecular flexibility index (Phi) is 6.04. The van der Waals surface area contributed by atoms with Crippen LogP contribution in [0.5, 0.6) is 0 Å². The lowest BCUT2D eigenvalue weighted by Gasteiger charge is -2.26. The molecule has 1 aliphatic rings. The van der Waals surface area contributed by atoms with E-state index >= 15 is 0 Å². The van der Waals surface area contributed by atoms with Crippen molar-refractivity contribution in [2.75, 3.05) is 13.1 Å². The zero-order chi connectivity index (χ0) is 16.6. The summed E-state index contributed by atoms with van der Waals surface area (Å²) in [5.74, 6) is 1.41. The van der Waals surface area contributed by atoms with Crippen LogP contribution in [0.4, 0.5) is 0 Å². The first kappa shape index (κ1) is 16.7. The normalized spacial score (nSPS) is 20.7. The molecule has 2 nitrogen and oxygen atoms in total. The number of benzene rings is 2. The smallest absolute Gasteiger partial charge is 0.0655 e. The second-order valence-corrected chi connectivity index (χ2v) is 6.88. The molecule has 0 heterocycles. The SMILES string of the molecule is N#CC1CCC(CNCC(c2ccccc2)c2ccccc2)CC1. The number of nitrogens with zero attached hydrogens (tertiary/aromatic N) is 1. The summed E-state index contributed by atoms with van der Waals surface area (Å²) in [6, 6.07) is 23.9. The van der Waals surface area contributed by atoms with Crippen LogP contribution in [-0.2, 0) is 0 Å². The van der Waals surface area contributed by atoms with Gasteiger partial charge in [0.05, 0.1) is 6.07 Å². The van der Waals surface area contributed by atoms with Gasteiger partial charge in [0.25, 0.3) is 0 Å². The van der Waals surface area contributed by atoms with Crippen LogP contribution in [0.15, 0.2) is 60.7 Å². The molecule has 2 aromatic carbocycles. The van der Waals surface area contributed by atoms with Gasteiger partial charge in [-0.15, -0.1) is 0 Å². The van der Waals surface area contributed by atoms with Gasteiger partial charge >= 0.3 is 0 Å². The second kappa shape index (κ2) is 8.66. The Morgan fingerprint density at radius 1 is 0.875 bits per heavy atom. The summed E-state index contributed by atoms with van der Waals surface area (Å²) in [6.07, 6.45) is 4.52. The van der Waals surface area contributed by atoms with Gasteiger partial charge in [-0.1, -0.05) is 60.7 Å². The lowest BCUT2D eigenvalue weighted by molar-refractivity contribution is 0.303. The number of rotatable bonds is 6. The highest BCUT2D eigenvalue weighted by Gasteiger charge is 2.21. The third-order valence-corrected chi connectivity index (χ3v) is 5.21. The standard InChI is InChI=1S/C22H26N2/c23-15-18-11-13-19(14-12-18)16-24-17-22(20-7-3-1-4-8-20)21-9-5-2-6-10-21/h1-10,18-19,22,24H,11-14,16-17H2. The molecule has 1 aliphatic carbocycles. The fourth-order valence-electron chi connectivity index (χ4n) is 3.73. The van der Waals surface area contributed by atoms with Gasteiger partial charge in [-0.05, 0) is 49.3 Å². The molecule has 1 saturated carbocycles. The van der Waals surface area contributed by atoms with Crippen molar-refractivity contribution in [2.45, 2.75) is 31.6 Å². The molecule has 2 heteroatoms. The van der Waals surface area contributed by atoms with Crippen molar-refractivity contribution in [3.63, 3.8) is 0 Å². The summed E-state index contributed by atoms with van der Waals surface area (Å²) in [6.45, 7) is 2.03. The van der Waals surface area contributed by atoms with Gasteiger partial charge in [-0.2, -0.15) is 5.26 Å². The Bertz CT molecular complexity index is 597. The topological polar surface area (TPSA) is 35.8 Å². The first-order valence-electron chi connectivity index (χ1n) is 9.07. The molecule has 2 aromatic rings. The minimum absolute atomic E-state index is 0.294. The Labute approximate surface area is 145 Å². The van der Waals surface area contributed by atoms with E-state index in [0.29, 0.717) is 11.8 Å². The third kappa shape index (κ3) is 4.46. The molecule has 0 unspecified atom stereocenters. The largest absolute Gasteiger partial charge is 0.316 e. The Hall–Kier alpha value is -2.11. The number of nitrogens with one attached hydrogen (secondary N) is 1. The summed E-state index contributed by atoms with van der Waals surface area (Å²) < 4.78 is 0. The van der Waals surface area contributed by atoms with E-state index in [0.717, 1.165) is 31.8 Å². The predicted molar refractivity (Wildman–Crippen MR) is 98.7 cm³/mol.